The molecule has 1 amide bonds. The molecule has 1 heterocycles. The predicted octanol–water partition coefficient (Wildman–Crippen LogP) is 4.85. The lowest BCUT2D eigenvalue weighted by atomic mass is 10.1. The molecule has 0 radical (unpaired) electrons. The normalized spacial score (nSPS) is 14.7. The third-order valence-corrected chi connectivity index (χ3v) is 6.49. The summed E-state index contributed by atoms with van der Waals surface area (Å²) < 4.78 is 46.6. The van der Waals surface area contributed by atoms with Crippen LogP contribution in [0.1, 0.15) is 42.9 Å². The Morgan fingerprint density at radius 3 is 2.64 bits per heavy atom. The first-order valence-electron chi connectivity index (χ1n) is 12.1. The van der Waals surface area contributed by atoms with E-state index < -0.39 is 6.61 Å². The van der Waals surface area contributed by atoms with Gasteiger partial charge in [-0.3, -0.25) is 4.79 Å². The summed E-state index contributed by atoms with van der Waals surface area (Å²) >= 11 is 0. The van der Waals surface area contributed by atoms with Crippen LogP contribution in [0.3, 0.4) is 0 Å². The van der Waals surface area contributed by atoms with Gasteiger partial charge >= 0.3 is 12.2 Å². The van der Waals surface area contributed by atoms with Gasteiger partial charge in [0, 0.05) is 29.6 Å². The van der Waals surface area contributed by atoms with Crippen molar-refractivity contribution in [2.75, 3.05) is 13.2 Å². The van der Waals surface area contributed by atoms with E-state index in [9.17, 15) is 18.4 Å². The third-order valence-electron chi connectivity index (χ3n) is 6.49. The number of carbonyl (C=O) groups excluding carboxylic acids is 1. The summed E-state index contributed by atoms with van der Waals surface area (Å²) in [5.41, 5.74) is 2.69. The summed E-state index contributed by atoms with van der Waals surface area (Å²) in [4.78, 5) is 27.1. The van der Waals surface area contributed by atoms with Gasteiger partial charge in [0.1, 0.15) is 11.3 Å². The van der Waals surface area contributed by atoms with Crippen molar-refractivity contribution in [1.29, 1.82) is 0 Å². The maximum atomic E-state index is 13.1. The Balaban J connectivity index is 1.28. The molecule has 0 bridgehead atoms. The first kappa shape index (κ1) is 24.1. The molecule has 0 N–H and O–H groups in total. The van der Waals surface area contributed by atoms with Crippen LogP contribution < -0.4 is 19.8 Å². The first-order chi connectivity index (χ1) is 17.4. The van der Waals surface area contributed by atoms with E-state index in [1.54, 1.807) is 36.1 Å². The quantitative estimate of drug-likeness (QED) is 0.371. The topological polar surface area (TPSA) is 78.2 Å². The van der Waals surface area contributed by atoms with E-state index in [0.717, 1.165) is 54.2 Å². The number of benzene rings is 2. The number of aryl methyl sites for hydroxylation is 1. The zero-order valence-electron chi connectivity index (χ0n) is 19.9. The molecule has 1 fully saturated rings. The van der Waals surface area contributed by atoms with Gasteiger partial charge in [-0.25, -0.2) is 4.79 Å². The molecule has 1 aromatic heterocycles. The number of alkyl halides is 2. The molecule has 5 rings (SSSR count). The van der Waals surface area contributed by atoms with Gasteiger partial charge in [0.2, 0.25) is 0 Å². The summed E-state index contributed by atoms with van der Waals surface area (Å²) in [6.45, 7) is -0.804. The molecule has 36 heavy (non-hydrogen) atoms. The fraction of sp³-hybridized carbons (Fsp3) is 0.407. The zero-order valence-corrected chi connectivity index (χ0v) is 19.9. The molecule has 2 aliphatic rings. The van der Waals surface area contributed by atoms with Crippen molar-refractivity contribution in [2.45, 2.75) is 58.2 Å². The van der Waals surface area contributed by atoms with Gasteiger partial charge in [-0.1, -0.05) is 6.07 Å². The van der Waals surface area contributed by atoms with Crippen molar-refractivity contribution in [2.24, 2.45) is 0 Å². The number of fused-ring (bicyclic) bond motifs is 3. The van der Waals surface area contributed by atoms with E-state index in [0.29, 0.717) is 17.9 Å². The van der Waals surface area contributed by atoms with Crippen molar-refractivity contribution in [3.63, 3.8) is 0 Å². The van der Waals surface area contributed by atoms with Gasteiger partial charge in [-0.15, -0.1) is 0 Å². The third kappa shape index (κ3) is 5.15. The van der Waals surface area contributed by atoms with Crippen LogP contribution in [-0.2, 0) is 24.2 Å². The summed E-state index contributed by atoms with van der Waals surface area (Å²) in [5.74, 6) is 0.411. The average Bonchev–Trinajstić information content (AvgIpc) is 3.57. The minimum Gasteiger partial charge on any atom is -0.490 e. The molecule has 190 valence electrons. The number of nitrogens with zero attached hydrogens (tertiary/aromatic N) is 1. The second-order valence-corrected chi connectivity index (χ2v) is 8.99. The minimum atomic E-state index is -2.96. The predicted molar refractivity (Wildman–Crippen MR) is 128 cm³/mol. The number of hydrogen-bond acceptors (Lipinski definition) is 6. The van der Waals surface area contributed by atoms with E-state index in [-0.39, 0.29) is 42.3 Å². The van der Waals surface area contributed by atoms with Crippen molar-refractivity contribution < 1.29 is 32.2 Å². The van der Waals surface area contributed by atoms with Crippen LogP contribution in [0.15, 0.2) is 45.6 Å². The first-order valence-corrected chi connectivity index (χ1v) is 12.1. The number of amides is 1. The summed E-state index contributed by atoms with van der Waals surface area (Å²) in [5, 5.41) is 0.907. The SMILES string of the molecule is CCOc1cc(CN(C(=O)COc2ccc3c4c(c(=O)oc3c2)CCC4)C2CC2)ccc1OC(F)F. The Labute approximate surface area is 206 Å². The van der Waals surface area contributed by atoms with Gasteiger partial charge in [0.15, 0.2) is 18.1 Å². The van der Waals surface area contributed by atoms with Crippen LogP contribution in [0.4, 0.5) is 8.78 Å². The molecule has 3 aromatic rings. The van der Waals surface area contributed by atoms with E-state index >= 15 is 0 Å². The fourth-order valence-electron chi connectivity index (χ4n) is 4.70. The molecule has 1 saturated carbocycles. The molecular formula is C27H27F2NO6. The van der Waals surface area contributed by atoms with Crippen LogP contribution in [0, 0.1) is 0 Å². The second-order valence-electron chi connectivity index (χ2n) is 8.99. The Kier molecular flexibility index (Phi) is 6.80. The molecule has 0 saturated heterocycles. The number of ether oxygens (including phenoxy) is 3. The maximum absolute atomic E-state index is 13.1. The molecule has 2 aromatic carbocycles. The van der Waals surface area contributed by atoms with Gasteiger partial charge in [-0.05, 0) is 74.4 Å². The standard InChI is InChI=1S/C27H27F2NO6/c1-2-33-24-12-16(6-11-22(24)36-27(28)29)14-30(17-7-8-17)25(31)15-34-18-9-10-20-19-4-3-5-21(19)26(32)35-23(20)13-18/h6,9-13,17,27H,2-5,7-8,14-15H2,1H3. The molecular weight excluding hydrogens is 472 g/mol. The van der Waals surface area contributed by atoms with E-state index in [1.165, 1.54) is 6.07 Å². The van der Waals surface area contributed by atoms with Crippen LogP contribution in [-0.4, -0.2) is 36.7 Å². The van der Waals surface area contributed by atoms with Gasteiger partial charge in [-0.2, -0.15) is 8.78 Å². The van der Waals surface area contributed by atoms with Gasteiger partial charge in [0.25, 0.3) is 5.91 Å². The Hall–Kier alpha value is -3.62. The monoisotopic (exact) mass is 499 g/mol. The maximum Gasteiger partial charge on any atom is 0.387 e. The Morgan fingerprint density at radius 1 is 1.08 bits per heavy atom. The molecule has 2 aliphatic carbocycles. The largest absolute Gasteiger partial charge is 0.490 e. The van der Waals surface area contributed by atoms with Crippen molar-refractivity contribution in [3.8, 4) is 17.2 Å². The van der Waals surface area contributed by atoms with Gasteiger partial charge in [0.05, 0.1) is 6.61 Å². The highest BCUT2D eigenvalue weighted by atomic mass is 19.3. The lowest BCUT2D eigenvalue weighted by molar-refractivity contribution is -0.134. The highest BCUT2D eigenvalue weighted by molar-refractivity contribution is 5.83. The molecule has 9 heteroatoms. The number of rotatable bonds is 10. The van der Waals surface area contributed by atoms with Crippen molar-refractivity contribution >= 4 is 16.9 Å². The van der Waals surface area contributed by atoms with Crippen molar-refractivity contribution in [3.05, 3.63) is 63.5 Å². The summed E-state index contributed by atoms with van der Waals surface area (Å²) in [6.07, 6.45) is 4.32. The lowest BCUT2D eigenvalue weighted by Gasteiger charge is -2.23. The Morgan fingerprint density at radius 2 is 1.89 bits per heavy atom. The number of halogens is 2. The number of carbonyl (C=O) groups is 1. The molecule has 0 spiro atoms. The second kappa shape index (κ2) is 10.2. The van der Waals surface area contributed by atoms with Crippen LogP contribution in [0.25, 0.3) is 11.0 Å². The smallest absolute Gasteiger partial charge is 0.387 e. The van der Waals surface area contributed by atoms with E-state index in [4.69, 9.17) is 13.9 Å². The van der Waals surface area contributed by atoms with Crippen molar-refractivity contribution in [1.82, 2.24) is 4.90 Å². The minimum absolute atomic E-state index is 0.0446. The average molecular weight is 500 g/mol. The molecule has 0 atom stereocenters. The van der Waals surface area contributed by atoms with Crippen LogP contribution in [0.5, 0.6) is 17.2 Å². The van der Waals surface area contributed by atoms with Crippen LogP contribution >= 0.6 is 0 Å². The fourth-order valence-corrected chi connectivity index (χ4v) is 4.70. The van der Waals surface area contributed by atoms with E-state index in [2.05, 4.69) is 4.74 Å². The summed E-state index contributed by atoms with van der Waals surface area (Å²) in [7, 11) is 0. The number of hydrogen-bond donors (Lipinski definition) is 0. The molecule has 0 aliphatic heterocycles. The lowest BCUT2D eigenvalue weighted by Crippen LogP contribution is -2.36. The summed E-state index contributed by atoms with van der Waals surface area (Å²) in [6, 6.07) is 10.1. The highest BCUT2D eigenvalue weighted by Crippen LogP contribution is 2.33. The Bertz CT molecular complexity index is 1330. The zero-order chi connectivity index (χ0) is 25.2. The van der Waals surface area contributed by atoms with Gasteiger partial charge < -0.3 is 23.5 Å². The highest BCUT2D eigenvalue weighted by Gasteiger charge is 2.33. The van der Waals surface area contributed by atoms with E-state index in [1.807, 2.05) is 6.07 Å². The molecule has 0 unspecified atom stereocenters. The van der Waals surface area contributed by atoms with Crippen LogP contribution in [0.2, 0.25) is 0 Å². The molecule has 7 nitrogen and oxygen atoms in total.